The number of benzene rings is 1. The first-order chi connectivity index (χ1) is 10.6. The average molecular weight is 334 g/mol. The number of aryl methyl sites for hydroxylation is 1. The number of hydrogen-bond acceptors (Lipinski definition) is 5. The molecule has 1 fully saturated rings. The third-order valence-corrected chi connectivity index (χ3v) is 5.71. The Bertz CT molecular complexity index is 658. The molecule has 0 aliphatic carbocycles. The third kappa shape index (κ3) is 3.28. The summed E-state index contributed by atoms with van der Waals surface area (Å²) in [6.45, 7) is 2.60. The summed E-state index contributed by atoms with van der Waals surface area (Å²) in [6, 6.07) is 5.52. The van der Waals surface area contributed by atoms with E-state index in [0.717, 1.165) is 34.2 Å². The number of hydrogen-bond donors (Lipinski definition) is 1. The van der Waals surface area contributed by atoms with Gasteiger partial charge < -0.3 is 10.0 Å². The van der Waals surface area contributed by atoms with Gasteiger partial charge in [-0.15, -0.1) is 11.3 Å². The maximum absolute atomic E-state index is 12.7. The van der Waals surface area contributed by atoms with Crippen molar-refractivity contribution in [1.29, 1.82) is 0 Å². The minimum atomic E-state index is 0.0743. The predicted octanol–water partition coefficient (Wildman–Crippen LogP) is 3.02. The van der Waals surface area contributed by atoms with Crippen LogP contribution in [0.2, 0.25) is 0 Å². The Labute approximate surface area is 138 Å². The number of rotatable bonds is 3. The van der Waals surface area contributed by atoms with E-state index in [-0.39, 0.29) is 17.7 Å². The molecular weight excluding hydrogens is 316 g/mol. The normalized spacial score (nSPS) is 18.4. The van der Waals surface area contributed by atoms with Gasteiger partial charge in [-0.1, -0.05) is 12.1 Å². The van der Waals surface area contributed by atoms with Crippen LogP contribution >= 0.6 is 23.1 Å². The van der Waals surface area contributed by atoms with Crippen molar-refractivity contribution in [3.8, 4) is 5.75 Å². The molecule has 1 N–H and O–H groups in total. The Kier molecular flexibility index (Phi) is 4.69. The molecular formula is C16H18N2O2S2. The third-order valence-electron chi connectivity index (χ3n) is 3.81. The van der Waals surface area contributed by atoms with Gasteiger partial charge in [-0.2, -0.15) is 11.8 Å². The van der Waals surface area contributed by atoms with Crippen molar-refractivity contribution in [3.63, 3.8) is 0 Å². The fraction of sp³-hybridized carbons (Fsp3) is 0.375. The molecule has 2 heterocycles. The second kappa shape index (κ2) is 6.71. The standard InChI is InChI=1S/C16H18N2O2S2/c1-11-2-3-12(8-14(11)19)9-15(20)18-5-7-21-10-13(18)16-17-4-6-22-16/h2-4,6,8,13,19H,5,7,9-10H2,1H3/t13-/m0/s1. The summed E-state index contributed by atoms with van der Waals surface area (Å²) in [6.07, 6.45) is 2.11. The summed E-state index contributed by atoms with van der Waals surface area (Å²) in [7, 11) is 0. The van der Waals surface area contributed by atoms with Gasteiger partial charge in [0.1, 0.15) is 10.8 Å². The quantitative estimate of drug-likeness (QED) is 0.937. The van der Waals surface area contributed by atoms with Gasteiger partial charge in [0.05, 0.1) is 12.5 Å². The number of carbonyl (C=O) groups is 1. The number of thioether (sulfide) groups is 1. The zero-order valence-electron chi connectivity index (χ0n) is 12.4. The van der Waals surface area contributed by atoms with Gasteiger partial charge >= 0.3 is 0 Å². The van der Waals surface area contributed by atoms with Crippen molar-refractivity contribution in [3.05, 3.63) is 45.9 Å². The number of amides is 1. The van der Waals surface area contributed by atoms with E-state index in [1.54, 1.807) is 23.6 Å². The van der Waals surface area contributed by atoms with Gasteiger partial charge in [0.15, 0.2) is 0 Å². The minimum absolute atomic E-state index is 0.0743. The van der Waals surface area contributed by atoms with E-state index in [1.807, 2.05) is 41.1 Å². The molecule has 4 nitrogen and oxygen atoms in total. The number of phenolic OH excluding ortho intramolecular Hbond substituents is 1. The molecule has 116 valence electrons. The monoisotopic (exact) mass is 334 g/mol. The van der Waals surface area contributed by atoms with Gasteiger partial charge in [0, 0.05) is 29.6 Å². The molecule has 1 aliphatic rings. The predicted molar refractivity (Wildman–Crippen MR) is 90.4 cm³/mol. The van der Waals surface area contributed by atoms with Crippen molar-refractivity contribution in [2.24, 2.45) is 0 Å². The molecule has 6 heteroatoms. The zero-order valence-corrected chi connectivity index (χ0v) is 14.0. The number of phenols is 1. The van der Waals surface area contributed by atoms with Crippen LogP contribution in [0.3, 0.4) is 0 Å². The zero-order chi connectivity index (χ0) is 15.5. The maximum atomic E-state index is 12.7. The summed E-state index contributed by atoms with van der Waals surface area (Å²) >= 11 is 3.47. The number of carbonyl (C=O) groups excluding carboxylic acids is 1. The second-order valence-corrected chi connectivity index (χ2v) is 7.42. The summed E-state index contributed by atoms with van der Waals surface area (Å²) in [4.78, 5) is 19.0. The van der Waals surface area contributed by atoms with Crippen LogP contribution in [0.5, 0.6) is 5.75 Å². The Morgan fingerprint density at radius 1 is 1.50 bits per heavy atom. The molecule has 1 aliphatic heterocycles. The lowest BCUT2D eigenvalue weighted by Gasteiger charge is -2.34. The summed E-state index contributed by atoms with van der Waals surface area (Å²) in [5, 5.41) is 12.7. The molecule has 2 aromatic rings. The van der Waals surface area contributed by atoms with Gasteiger partial charge in [0.25, 0.3) is 0 Å². The fourth-order valence-electron chi connectivity index (χ4n) is 2.55. The molecule has 1 amide bonds. The van der Waals surface area contributed by atoms with E-state index < -0.39 is 0 Å². The highest BCUT2D eigenvalue weighted by Gasteiger charge is 2.29. The Morgan fingerprint density at radius 2 is 2.36 bits per heavy atom. The maximum Gasteiger partial charge on any atom is 0.227 e. The van der Waals surface area contributed by atoms with Crippen molar-refractivity contribution in [2.45, 2.75) is 19.4 Å². The molecule has 0 spiro atoms. The molecule has 1 atom stereocenters. The van der Waals surface area contributed by atoms with Gasteiger partial charge in [-0.05, 0) is 24.1 Å². The van der Waals surface area contributed by atoms with Crippen molar-refractivity contribution >= 4 is 29.0 Å². The number of aromatic hydroxyl groups is 1. The molecule has 0 bridgehead atoms. The van der Waals surface area contributed by atoms with Crippen LogP contribution in [0.1, 0.15) is 22.2 Å². The van der Waals surface area contributed by atoms with Crippen LogP contribution in [0, 0.1) is 6.92 Å². The van der Waals surface area contributed by atoms with Crippen LogP contribution in [0.4, 0.5) is 0 Å². The van der Waals surface area contributed by atoms with Crippen LogP contribution in [-0.2, 0) is 11.2 Å². The van der Waals surface area contributed by atoms with Gasteiger partial charge in [0.2, 0.25) is 5.91 Å². The highest BCUT2D eigenvalue weighted by molar-refractivity contribution is 7.99. The molecule has 1 saturated heterocycles. The molecule has 0 unspecified atom stereocenters. The van der Waals surface area contributed by atoms with E-state index >= 15 is 0 Å². The topological polar surface area (TPSA) is 53.4 Å². The van der Waals surface area contributed by atoms with Crippen LogP contribution in [-0.4, -0.2) is 38.9 Å². The lowest BCUT2D eigenvalue weighted by molar-refractivity contribution is -0.132. The Balaban J connectivity index is 1.75. The highest BCUT2D eigenvalue weighted by Crippen LogP contribution is 2.31. The second-order valence-electron chi connectivity index (χ2n) is 5.35. The molecule has 1 aromatic carbocycles. The van der Waals surface area contributed by atoms with Crippen molar-refractivity contribution in [1.82, 2.24) is 9.88 Å². The lowest BCUT2D eigenvalue weighted by Crippen LogP contribution is -2.41. The van der Waals surface area contributed by atoms with E-state index in [2.05, 4.69) is 4.98 Å². The molecule has 22 heavy (non-hydrogen) atoms. The van der Waals surface area contributed by atoms with E-state index in [1.165, 1.54) is 0 Å². The van der Waals surface area contributed by atoms with Gasteiger partial charge in [-0.3, -0.25) is 4.79 Å². The number of aromatic nitrogens is 1. The first-order valence-corrected chi connectivity index (χ1v) is 9.23. The molecule has 0 radical (unpaired) electrons. The molecule has 3 rings (SSSR count). The highest BCUT2D eigenvalue weighted by atomic mass is 32.2. The Morgan fingerprint density at radius 3 is 3.09 bits per heavy atom. The largest absolute Gasteiger partial charge is 0.508 e. The van der Waals surface area contributed by atoms with E-state index in [0.29, 0.717) is 6.42 Å². The molecule has 1 aromatic heterocycles. The van der Waals surface area contributed by atoms with E-state index in [9.17, 15) is 9.90 Å². The first-order valence-electron chi connectivity index (χ1n) is 7.20. The lowest BCUT2D eigenvalue weighted by atomic mass is 10.1. The summed E-state index contributed by atoms with van der Waals surface area (Å²) in [5.41, 5.74) is 1.68. The molecule has 0 saturated carbocycles. The number of thiazole rings is 1. The SMILES string of the molecule is Cc1ccc(CC(=O)N2CCSC[C@H]2c2nccs2)cc1O. The average Bonchev–Trinajstić information content (AvgIpc) is 3.05. The van der Waals surface area contributed by atoms with Crippen LogP contribution in [0.15, 0.2) is 29.8 Å². The van der Waals surface area contributed by atoms with Crippen LogP contribution < -0.4 is 0 Å². The summed E-state index contributed by atoms with van der Waals surface area (Å²) in [5.74, 6) is 2.21. The Hall–Kier alpha value is -1.53. The van der Waals surface area contributed by atoms with Crippen LogP contribution in [0.25, 0.3) is 0 Å². The number of nitrogens with zero attached hydrogens (tertiary/aromatic N) is 2. The van der Waals surface area contributed by atoms with E-state index in [4.69, 9.17) is 0 Å². The smallest absolute Gasteiger partial charge is 0.227 e. The fourth-order valence-corrected chi connectivity index (χ4v) is 4.46. The minimum Gasteiger partial charge on any atom is -0.508 e. The van der Waals surface area contributed by atoms with Crippen molar-refractivity contribution < 1.29 is 9.90 Å². The first kappa shape index (κ1) is 15.4. The van der Waals surface area contributed by atoms with Gasteiger partial charge in [-0.25, -0.2) is 4.98 Å². The van der Waals surface area contributed by atoms with Crippen molar-refractivity contribution in [2.75, 3.05) is 18.1 Å². The summed E-state index contributed by atoms with van der Waals surface area (Å²) < 4.78 is 0.